The zero-order valence-electron chi connectivity index (χ0n) is 16.2. The summed E-state index contributed by atoms with van der Waals surface area (Å²) >= 11 is 0. The van der Waals surface area contributed by atoms with Crippen molar-refractivity contribution < 1.29 is 9.13 Å². The second-order valence-corrected chi connectivity index (χ2v) is 19.3. The lowest BCUT2D eigenvalue weighted by Gasteiger charge is -2.22. The van der Waals surface area contributed by atoms with Crippen LogP contribution in [-0.4, -0.2) is 16.1 Å². The first-order valence-corrected chi connectivity index (χ1v) is 16.2. The minimum atomic E-state index is -1.43. The molecule has 0 spiro atoms. The summed E-state index contributed by atoms with van der Waals surface area (Å²) in [6, 6.07) is 18.3. The van der Waals surface area contributed by atoms with Crippen molar-refractivity contribution in [1.29, 1.82) is 0 Å². The van der Waals surface area contributed by atoms with Crippen molar-refractivity contribution in [2.45, 2.75) is 46.0 Å². The Labute approximate surface area is 152 Å². The third-order valence-electron chi connectivity index (χ3n) is 5.23. The molecular weight excluding hydrogens is 336 g/mol. The highest BCUT2D eigenvalue weighted by molar-refractivity contribution is 6.88. The number of hydrogen-bond donors (Lipinski definition) is 0. The Hall–Kier alpha value is -1.79. The number of nitrogens with zero attached hydrogens (tertiary/aromatic N) is 2. The van der Waals surface area contributed by atoms with Crippen LogP contribution in [-0.2, 0) is 6.67 Å². The molecule has 1 aliphatic heterocycles. The van der Waals surface area contributed by atoms with E-state index in [2.05, 4.69) is 96.9 Å². The van der Waals surface area contributed by atoms with E-state index in [0.29, 0.717) is 0 Å². The van der Waals surface area contributed by atoms with Crippen LogP contribution in [0.4, 0.5) is 0 Å². The summed E-state index contributed by atoms with van der Waals surface area (Å²) in [5, 5.41) is 4.42. The fourth-order valence-corrected chi connectivity index (χ4v) is 7.28. The van der Waals surface area contributed by atoms with Crippen molar-refractivity contribution in [2.24, 2.45) is 0 Å². The lowest BCUT2D eigenvalue weighted by molar-refractivity contribution is -0.886. The van der Waals surface area contributed by atoms with Crippen LogP contribution in [0, 0.1) is 0 Å². The van der Waals surface area contributed by atoms with Crippen molar-refractivity contribution in [2.75, 3.05) is 0 Å². The molecule has 2 nitrogen and oxygen atoms in total. The summed E-state index contributed by atoms with van der Waals surface area (Å²) < 4.78 is 5.19. The quantitative estimate of drug-likeness (QED) is 0.382. The van der Waals surface area contributed by atoms with Crippen LogP contribution < -0.4 is 19.8 Å². The molecule has 0 unspecified atom stereocenters. The average molecular weight is 365 g/mol. The lowest BCUT2D eigenvalue weighted by atomic mass is 10.0. The van der Waals surface area contributed by atoms with Gasteiger partial charge in [0.1, 0.15) is 5.56 Å². The van der Waals surface area contributed by atoms with Crippen LogP contribution in [0.1, 0.15) is 0 Å². The SMILES string of the molecule is C[Si](C)(C)c1cccc2[n+]1C[n+]1c([Si](C)(C)C)ccc3cccc-2c31. The third-order valence-corrected chi connectivity index (χ3v) is 9.18. The molecule has 128 valence electrons. The Bertz CT molecular complexity index is 995. The van der Waals surface area contributed by atoms with Gasteiger partial charge in [-0.1, -0.05) is 45.3 Å². The van der Waals surface area contributed by atoms with Crippen molar-refractivity contribution in [3.8, 4) is 11.3 Å². The molecule has 0 radical (unpaired) electrons. The topological polar surface area (TPSA) is 7.76 Å². The van der Waals surface area contributed by atoms with E-state index in [0.717, 1.165) is 6.67 Å². The van der Waals surface area contributed by atoms with Gasteiger partial charge in [0, 0.05) is 11.5 Å². The van der Waals surface area contributed by atoms with Crippen molar-refractivity contribution in [3.05, 3.63) is 48.5 Å². The second-order valence-electron chi connectivity index (χ2n) is 9.26. The molecule has 1 aliphatic rings. The summed E-state index contributed by atoms with van der Waals surface area (Å²) in [5.41, 5.74) is 4.16. The van der Waals surface area contributed by atoms with Crippen molar-refractivity contribution in [3.63, 3.8) is 0 Å². The first-order valence-electron chi connectivity index (χ1n) is 9.18. The van der Waals surface area contributed by atoms with E-state index in [-0.39, 0.29) is 0 Å². The number of rotatable bonds is 2. The summed E-state index contributed by atoms with van der Waals surface area (Å²) in [6.07, 6.45) is 0. The van der Waals surface area contributed by atoms with Gasteiger partial charge < -0.3 is 0 Å². The maximum atomic E-state index is 2.60. The maximum Gasteiger partial charge on any atom is 0.344 e. The molecule has 0 bridgehead atoms. The summed E-state index contributed by atoms with van der Waals surface area (Å²) in [5.74, 6) is 0. The lowest BCUT2D eigenvalue weighted by Crippen LogP contribution is -2.74. The molecule has 0 fully saturated rings. The molecule has 3 aromatic rings. The average Bonchev–Trinajstić information content (AvgIpc) is 2.53. The van der Waals surface area contributed by atoms with E-state index in [1.54, 1.807) is 0 Å². The van der Waals surface area contributed by atoms with Crippen LogP contribution in [0.2, 0.25) is 39.3 Å². The van der Waals surface area contributed by atoms with Crippen LogP contribution in [0.5, 0.6) is 0 Å². The number of para-hydroxylation sites is 1. The normalized spacial score (nSPS) is 13.8. The van der Waals surface area contributed by atoms with Crippen LogP contribution in [0.3, 0.4) is 0 Å². The van der Waals surface area contributed by atoms with Gasteiger partial charge in [-0.2, -0.15) is 0 Å². The van der Waals surface area contributed by atoms with Crippen molar-refractivity contribution >= 4 is 37.7 Å². The van der Waals surface area contributed by atoms with E-state index in [4.69, 9.17) is 0 Å². The highest BCUT2D eigenvalue weighted by atomic mass is 28.3. The molecule has 4 heteroatoms. The fraction of sp³-hybridized carbons (Fsp3) is 0.333. The van der Waals surface area contributed by atoms with Gasteiger partial charge in [-0.3, -0.25) is 0 Å². The van der Waals surface area contributed by atoms with Gasteiger partial charge >= 0.3 is 6.67 Å². The van der Waals surface area contributed by atoms with Gasteiger partial charge in [0.2, 0.25) is 11.2 Å². The molecule has 0 saturated carbocycles. The summed E-state index contributed by atoms with van der Waals surface area (Å²) in [4.78, 5) is 0. The molecule has 0 aliphatic carbocycles. The predicted octanol–water partition coefficient (Wildman–Crippen LogP) is 2.99. The Morgan fingerprint density at radius 3 is 2.00 bits per heavy atom. The van der Waals surface area contributed by atoms with E-state index < -0.39 is 16.1 Å². The molecule has 0 saturated heterocycles. The summed E-state index contributed by atoms with van der Waals surface area (Å²) in [7, 11) is -2.85. The highest BCUT2D eigenvalue weighted by Crippen LogP contribution is 2.25. The molecule has 3 heterocycles. The third kappa shape index (κ3) is 2.59. The van der Waals surface area contributed by atoms with Gasteiger partial charge in [0.05, 0.1) is 0 Å². The molecule has 0 amide bonds. The predicted molar refractivity (Wildman–Crippen MR) is 111 cm³/mol. The van der Waals surface area contributed by atoms with Gasteiger partial charge in [0.25, 0.3) is 0 Å². The van der Waals surface area contributed by atoms with Crippen LogP contribution >= 0.6 is 0 Å². The van der Waals surface area contributed by atoms with Gasteiger partial charge in [-0.05, 0) is 36.4 Å². The molecule has 4 rings (SSSR count). The molecule has 0 N–H and O–H groups in total. The van der Waals surface area contributed by atoms with E-state index >= 15 is 0 Å². The second kappa shape index (κ2) is 5.35. The van der Waals surface area contributed by atoms with Gasteiger partial charge in [-0.25, -0.2) is 0 Å². The number of benzene rings is 1. The Kier molecular flexibility index (Phi) is 3.57. The molecule has 2 aromatic heterocycles. The zero-order valence-corrected chi connectivity index (χ0v) is 18.2. The van der Waals surface area contributed by atoms with Crippen LogP contribution in [0.25, 0.3) is 22.2 Å². The Balaban J connectivity index is 2.13. The van der Waals surface area contributed by atoms with Gasteiger partial charge in [-0.15, -0.1) is 9.13 Å². The number of aromatic nitrogens is 2. The molecule has 1 aromatic carbocycles. The van der Waals surface area contributed by atoms with Crippen molar-refractivity contribution in [1.82, 2.24) is 0 Å². The van der Waals surface area contributed by atoms with Gasteiger partial charge in [0.15, 0.2) is 26.8 Å². The smallest absolute Gasteiger partial charge is 0.142 e. The fourth-order valence-electron chi connectivity index (χ4n) is 4.11. The Morgan fingerprint density at radius 2 is 1.32 bits per heavy atom. The van der Waals surface area contributed by atoms with E-state index in [9.17, 15) is 0 Å². The first-order chi connectivity index (χ1) is 11.7. The van der Waals surface area contributed by atoms with Crippen LogP contribution in [0.15, 0.2) is 48.5 Å². The molecular formula is C21H28N2Si2+2. The van der Waals surface area contributed by atoms with E-state index in [1.807, 2.05) is 0 Å². The minimum Gasteiger partial charge on any atom is -0.142 e. The maximum absolute atomic E-state index is 2.60. The standard InChI is InChI=1S/C21H28N2Si2/c1-24(2,3)19-12-8-11-18-17-10-7-9-16-13-14-20(25(4,5)6)23(21(16)17)15-22(18)19/h7-14H,15H2,1-6H3/q+2. The summed E-state index contributed by atoms with van der Waals surface area (Å²) in [6.45, 7) is 15.6. The number of hydrogen-bond acceptors (Lipinski definition) is 0. The first kappa shape index (κ1) is 16.7. The molecule has 0 atom stereocenters. The zero-order chi connectivity index (χ0) is 18.0. The largest absolute Gasteiger partial charge is 0.344 e. The number of fused-ring (bicyclic) bond motifs is 2. The monoisotopic (exact) mass is 364 g/mol. The number of pyridine rings is 2. The van der Waals surface area contributed by atoms with E-state index in [1.165, 1.54) is 32.8 Å². The molecule has 25 heavy (non-hydrogen) atoms. The highest BCUT2D eigenvalue weighted by Gasteiger charge is 2.40. The Morgan fingerprint density at radius 1 is 0.680 bits per heavy atom. The minimum absolute atomic E-state index is 0.948.